The first-order valence-corrected chi connectivity index (χ1v) is 10.1. The molecule has 2 aliphatic rings. The Balaban J connectivity index is 1.38. The zero-order valence-electron chi connectivity index (χ0n) is 17.4. The number of halogens is 1. The van der Waals surface area contributed by atoms with E-state index in [4.69, 9.17) is 36.1 Å². The second-order valence-corrected chi connectivity index (χ2v) is 7.30. The molecule has 0 atom stereocenters. The van der Waals surface area contributed by atoms with Gasteiger partial charge in [0.25, 0.3) is 5.91 Å². The van der Waals surface area contributed by atoms with Crippen LogP contribution in [-0.4, -0.2) is 43.0 Å². The largest absolute Gasteiger partial charge is 0.497 e. The first kappa shape index (κ1) is 21.5. The van der Waals surface area contributed by atoms with E-state index in [2.05, 4.69) is 4.99 Å². The van der Waals surface area contributed by atoms with Gasteiger partial charge in [0.15, 0.2) is 11.7 Å². The van der Waals surface area contributed by atoms with E-state index < -0.39 is 5.91 Å². The normalized spacial score (nSPS) is 16.3. The van der Waals surface area contributed by atoms with Crippen LogP contribution in [0.15, 0.2) is 64.9 Å². The van der Waals surface area contributed by atoms with Gasteiger partial charge in [-0.25, -0.2) is 0 Å². The number of hydrogen-bond donors (Lipinski definition) is 1. The molecule has 2 aliphatic heterocycles. The van der Waals surface area contributed by atoms with Gasteiger partial charge >= 0.3 is 0 Å². The zero-order valence-corrected chi connectivity index (χ0v) is 18.2. The number of carbonyl (C=O) groups is 1. The minimum atomic E-state index is -0.512. The summed E-state index contributed by atoms with van der Waals surface area (Å²) in [6, 6.07) is 12.4. The van der Waals surface area contributed by atoms with Crippen LogP contribution in [0.2, 0.25) is 5.02 Å². The number of hydrogen-bond acceptors (Lipinski definition) is 6. The molecule has 32 heavy (non-hydrogen) atoms. The SMILES string of the molecule is COc1cccc(OCCOc2ccc(/C=C3/C(=N)N4OC(C)=CC4=NC3=O)cc2Cl)c1. The van der Waals surface area contributed by atoms with Crippen molar-refractivity contribution in [2.75, 3.05) is 20.3 Å². The fourth-order valence-electron chi connectivity index (χ4n) is 3.09. The highest BCUT2D eigenvalue weighted by Gasteiger charge is 2.34. The van der Waals surface area contributed by atoms with Crippen LogP contribution >= 0.6 is 11.6 Å². The van der Waals surface area contributed by atoms with Crippen molar-refractivity contribution >= 4 is 35.3 Å². The summed E-state index contributed by atoms with van der Waals surface area (Å²) >= 11 is 6.34. The summed E-state index contributed by atoms with van der Waals surface area (Å²) in [6.45, 7) is 2.34. The highest BCUT2D eigenvalue weighted by Crippen LogP contribution is 2.28. The number of carbonyl (C=O) groups excluding carboxylic acids is 1. The second kappa shape index (κ2) is 9.15. The Bertz CT molecular complexity index is 1170. The third-order valence-corrected chi connectivity index (χ3v) is 4.89. The van der Waals surface area contributed by atoms with E-state index in [1.807, 2.05) is 18.2 Å². The Morgan fingerprint density at radius 1 is 1.16 bits per heavy atom. The Labute approximate surface area is 189 Å². The van der Waals surface area contributed by atoms with Gasteiger partial charge in [-0.1, -0.05) is 23.7 Å². The number of amidine groups is 2. The maximum atomic E-state index is 12.4. The Kier molecular flexibility index (Phi) is 6.13. The Morgan fingerprint density at radius 3 is 2.72 bits per heavy atom. The number of allylic oxidation sites excluding steroid dienone is 1. The number of nitrogens with one attached hydrogen (secondary N) is 1. The van der Waals surface area contributed by atoms with Crippen molar-refractivity contribution in [2.24, 2.45) is 4.99 Å². The zero-order chi connectivity index (χ0) is 22.7. The standard InChI is InChI=1S/C23H20ClN3O5/c1-14-10-21-26-23(28)18(22(25)27(21)32-14)11-15-6-7-20(19(24)12-15)31-9-8-30-17-5-3-4-16(13-17)29-2/h3-7,10-13,25H,8-9H2,1-2H3/b18-11-,25-22?. The van der Waals surface area contributed by atoms with Gasteiger partial charge in [-0.2, -0.15) is 4.99 Å². The summed E-state index contributed by atoms with van der Waals surface area (Å²) in [5.74, 6) is 2.14. The summed E-state index contributed by atoms with van der Waals surface area (Å²) < 4.78 is 16.5. The molecule has 1 amide bonds. The molecule has 0 saturated carbocycles. The van der Waals surface area contributed by atoms with Crippen LogP contribution < -0.4 is 14.2 Å². The Morgan fingerprint density at radius 2 is 1.94 bits per heavy atom. The highest BCUT2D eigenvalue weighted by atomic mass is 35.5. The van der Waals surface area contributed by atoms with Gasteiger partial charge in [0.05, 0.1) is 17.7 Å². The summed E-state index contributed by atoms with van der Waals surface area (Å²) in [5, 5.41) is 9.85. The lowest BCUT2D eigenvalue weighted by molar-refractivity contribution is -0.114. The van der Waals surface area contributed by atoms with E-state index in [1.165, 1.54) is 5.06 Å². The van der Waals surface area contributed by atoms with Crippen LogP contribution in [0, 0.1) is 5.41 Å². The third kappa shape index (κ3) is 4.60. The van der Waals surface area contributed by atoms with E-state index in [0.29, 0.717) is 46.0 Å². The number of rotatable bonds is 7. The van der Waals surface area contributed by atoms with Crippen LogP contribution in [0.3, 0.4) is 0 Å². The van der Waals surface area contributed by atoms with Crippen LogP contribution in [-0.2, 0) is 9.63 Å². The van der Waals surface area contributed by atoms with Gasteiger partial charge in [-0.3, -0.25) is 10.2 Å². The third-order valence-electron chi connectivity index (χ3n) is 4.60. The fourth-order valence-corrected chi connectivity index (χ4v) is 3.34. The highest BCUT2D eigenvalue weighted by molar-refractivity contribution is 6.33. The van der Waals surface area contributed by atoms with Crippen molar-refractivity contribution in [2.45, 2.75) is 6.92 Å². The van der Waals surface area contributed by atoms with Gasteiger partial charge in [0, 0.05) is 12.1 Å². The molecule has 2 aromatic rings. The van der Waals surface area contributed by atoms with Crippen LogP contribution in [0.25, 0.3) is 6.08 Å². The maximum absolute atomic E-state index is 12.4. The lowest BCUT2D eigenvalue weighted by Gasteiger charge is -2.23. The fraction of sp³-hybridized carbons (Fsp3) is 0.174. The molecule has 4 rings (SSSR count). The number of ether oxygens (including phenoxy) is 3. The van der Waals surface area contributed by atoms with Gasteiger partial charge < -0.3 is 19.0 Å². The van der Waals surface area contributed by atoms with E-state index in [-0.39, 0.29) is 18.0 Å². The van der Waals surface area contributed by atoms with Crippen LogP contribution in [0.1, 0.15) is 12.5 Å². The average molecular weight is 454 g/mol. The van der Waals surface area contributed by atoms with Gasteiger partial charge in [0.2, 0.25) is 0 Å². The van der Waals surface area contributed by atoms with Crippen molar-refractivity contribution in [3.8, 4) is 17.2 Å². The van der Waals surface area contributed by atoms with Crippen molar-refractivity contribution in [3.63, 3.8) is 0 Å². The molecule has 0 aromatic heterocycles. The van der Waals surface area contributed by atoms with Gasteiger partial charge in [-0.05, 0) is 42.8 Å². The van der Waals surface area contributed by atoms with Crippen molar-refractivity contribution < 1.29 is 23.8 Å². The quantitative estimate of drug-likeness (QED) is 0.497. The molecular formula is C23H20ClN3O5. The minimum Gasteiger partial charge on any atom is -0.497 e. The lowest BCUT2D eigenvalue weighted by atomic mass is 10.1. The smallest absolute Gasteiger partial charge is 0.282 e. The molecular weight excluding hydrogens is 434 g/mol. The molecule has 0 spiro atoms. The first-order chi connectivity index (χ1) is 15.4. The molecule has 1 N–H and O–H groups in total. The molecule has 9 heteroatoms. The van der Waals surface area contributed by atoms with Crippen molar-refractivity contribution in [1.29, 1.82) is 5.41 Å². The van der Waals surface area contributed by atoms with E-state index >= 15 is 0 Å². The number of benzene rings is 2. The summed E-state index contributed by atoms with van der Waals surface area (Å²) in [5.41, 5.74) is 0.735. The predicted octanol–water partition coefficient (Wildman–Crippen LogP) is 4.26. The average Bonchev–Trinajstić information content (AvgIpc) is 3.15. The molecule has 8 nitrogen and oxygen atoms in total. The van der Waals surface area contributed by atoms with Crippen LogP contribution in [0.5, 0.6) is 17.2 Å². The molecule has 0 unspecified atom stereocenters. The number of hydroxylamine groups is 2. The number of aliphatic imine (C=N–C) groups is 1. The van der Waals surface area contributed by atoms with E-state index in [1.54, 1.807) is 50.5 Å². The maximum Gasteiger partial charge on any atom is 0.282 e. The monoisotopic (exact) mass is 453 g/mol. The Hall–Kier alpha value is -3.78. The van der Waals surface area contributed by atoms with E-state index in [0.717, 1.165) is 0 Å². The van der Waals surface area contributed by atoms with Crippen molar-refractivity contribution in [3.05, 3.63) is 70.5 Å². The van der Waals surface area contributed by atoms with Crippen LogP contribution in [0.4, 0.5) is 0 Å². The lowest BCUT2D eigenvalue weighted by Crippen LogP contribution is -2.38. The minimum absolute atomic E-state index is 0.0840. The summed E-state index contributed by atoms with van der Waals surface area (Å²) in [4.78, 5) is 21.7. The molecule has 0 radical (unpaired) electrons. The molecule has 2 aromatic carbocycles. The molecule has 0 aliphatic carbocycles. The van der Waals surface area contributed by atoms with Gasteiger partial charge in [-0.15, -0.1) is 5.06 Å². The number of methoxy groups -OCH3 is 1. The second-order valence-electron chi connectivity index (χ2n) is 6.89. The number of nitrogens with zero attached hydrogens (tertiary/aromatic N) is 2. The van der Waals surface area contributed by atoms with Crippen molar-refractivity contribution in [1.82, 2.24) is 5.06 Å². The topological polar surface area (TPSA) is 93.4 Å². The van der Waals surface area contributed by atoms with E-state index in [9.17, 15) is 4.79 Å². The molecule has 0 fully saturated rings. The first-order valence-electron chi connectivity index (χ1n) is 9.74. The summed E-state index contributed by atoms with van der Waals surface area (Å²) in [6.07, 6.45) is 3.15. The summed E-state index contributed by atoms with van der Waals surface area (Å²) in [7, 11) is 1.60. The molecule has 164 valence electrons. The number of amides is 1. The molecule has 2 heterocycles. The number of fused-ring (bicyclic) bond motifs is 1. The molecule has 0 saturated heterocycles. The van der Waals surface area contributed by atoms with Gasteiger partial charge in [0.1, 0.15) is 36.2 Å². The molecule has 0 bridgehead atoms. The predicted molar refractivity (Wildman–Crippen MR) is 120 cm³/mol.